The highest BCUT2D eigenvalue weighted by atomic mass is 16.5. The molecule has 2 atom stereocenters. The first-order valence-corrected chi connectivity index (χ1v) is 10.6. The second kappa shape index (κ2) is 9.13. The number of esters is 1. The predicted molar refractivity (Wildman–Crippen MR) is 125 cm³/mol. The van der Waals surface area contributed by atoms with Crippen LogP contribution in [-0.4, -0.2) is 26.0 Å². The Hall–Kier alpha value is -4.17. The van der Waals surface area contributed by atoms with Crippen molar-refractivity contribution in [1.82, 2.24) is 0 Å². The zero-order valence-electron chi connectivity index (χ0n) is 18.4. The summed E-state index contributed by atoms with van der Waals surface area (Å²) in [7, 11) is 2.83. The van der Waals surface area contributed by atoms with Gasteiger partial charge in [-0.25, -0.2) is 4.79 Å². The minimum atomic E-state index is -1.64. The number of hydrogen-bond acceptors (Lipinski definition) is 5. The number of ether oxygens (including phenoxy) is 2. The van der Waals surface area contributed by atoms with E-state index in [1.165, 1.54) is 7.11 Å². The van der Waals surface area contributed by atoms with Crippen LogP contribution in [-0.2, 0) is 9.53 Å². The van der Waals surface area contributed by atoms with Crippen molar-refractivity contribution in [3.05, 3.63) is 101 Å². The molecule has 3 aromatic rings. The Morgan fingerprint density at radius 1 is 0.970 bits per heavy atom. The van der Waals surface area contributed by atoms with Crippen molar-refractivity contribution in [3.63, 3.8) is 0 Å². The summed E-state index contributed by atoms with van der Waals surface area (Å²) in [4.78, 5) is 26.5. The summed E-state index contributed by atoms with van der Waals surface area (Å²) in [6.07, 6.45) is 1.83. The second-order valence-corrected chi connectivity index (χ2v) is 7.88. The summed E-state index contributed by atoms with van der Waals surface area (Å²) in [5.41, 5.74) is 1.81. The van der Waals surface area contributed by atoms with Crippen LogP contribution in [0.5, 0.6) is 5.75 Å². The van der Waals surface area contributed by atoms with Crippen LogP contribution in [0.25, 0.3) is 11.6 Å². The maximum absolute atomic E-state index is 13.3. The fraction of sp³-hybridized carbons (Fsp3) is 0.179. The number of hydrogen-bond donors (Lipinski definition) is 0. The van der Waals surface area contributed by atoms with E-state index in [-0.39, 0.29) is 12.2 Å². The van der Waals surface area contributed by atoms with E-state index in [1.54, 1.807) is 31.4 Å². The van der Waals surface area contributed by atoms with E-state index >= 15 is 0 Å². The van der Waals surface area contributed by atoms with Gasteiger partial charge in [-0.05, 0) is 52.6 Å². The summed E-state index contributed by atoms with van der Waals surface area (Å²) < 4.78 is 10.3. The summed E-state index contributed by atoms with van der Waals surface area (Å²) in [5, 5.41) is 10.4. The Balaban J connectivity index is 1.85. The van der Waals surface area contributed by atoms with Crippen molar-refractivity contribution in [2.45, 2.75) is 12.3 Å². The summed E-state index contributed by atoms with van der Waals surface area (Å²) in [6.45, 7) is 0. The number of carbonyl (C=O) groups excluding carboxylic acids is 2. The Kier molecular flexibility index (Phi) is 6.10. The zero-order chi connectivity index (χ0) is 23.4. The highest BCUT2D eigenvalue weighted by molar-refractivity contribution is 6.07. The standard InChI is InChI=1S/C28H23NO4/c1-32-21-14-12-20(13-15-21)26(30)17-25-23-11-7-6-10-22(23)24(16-19-8-4-3-5-9-19)28(25,18-29)27(31)33-2/h3-16,25H,17H2,1-2H3/b24-16+. The predicted octanol–water partition coefficient (Wildman–Crippen LogP) is 5.29. The van der Waals surface area contributed by atoms with E-state index in [0.29, 0.717) is 16.9 Å². The van der Waals surface area contributed by atoms with Gasteiger partial charge < -0.3 is 9.47 Å². The first-order chi connectivity index (χ1) is 16.0. The van der Waals surface area contributed by atoms with Gasteiger partial charge in [-0.3, -0.25) is 4.79 Å². The Morgan fingerprint density at radius 2 is 1.64 bits per heavy atom. The molecule has 5 heteroatoms. The smallest absolute Gasteiger partial charge is 0.331 e. The molecular formula is C28H23NO4. The second-order valence-electron chi connectivity index (χ2n) is 7.88. The lowest BCUT2D eigenvalue weighted by atomic mass is 9.71. The molecule has 0 aromatic heterocycles. The van der Waals surface area contributed by atoms with Crippen LogP contribution >= 0.6 is 0 Å². The first-order valence-electron chi connectivity index (χ1n) is 10.6. The molecule has 4 rings (SSSR count). The molecule has 164 valence electrons. The van der Waals surface area contributed by atoms with E-state index in [1.807, 2.05) is 60.7 Å². The third kappa shape index (κ3) is 3.81. The van der Waals surface area contributed by atoms with Gasteiger partial charge in [0.1, 0.15) is 5.75 Å². The minimum Gasteiger partial charge on any atom is -0.497 e. The van der Waals surface area contributed by atoms with Crippen molar-refractivity contribution < 1.29 is 19.1 Å². The molecule has 0 aliphatic heterocycles. The van der Waals surface area contributed by atoms with Gasteiger partial charge in [-0.2, -0.15) is 5.26 Å². The number of ketones is 1. The fourth-order valence-electron chi connectivity index (χ4n) is 4.53. The van der Waals surface area contributed by atoms with Gasteiger partial charge in [0.25, 0.3) is 0 Å². The number of Topliss-reactive ketones (excluding diaryl/α,β-unsaturated/α-hetero) is 1. The van der Waals surface area contributed by atoms with Gasteiger partial charge in [0, 0.05) is 17.9 Å². The molecule has 3 aromatic carbocycles. The van der Waals surface area contributed by atoms with E-state index < -0.39 is 17.3 Å². The Bertz CT molecular complexity index is 1260. The molecule has 0 saturated heterocycles. The molecule has 0 saturated carbocycles. The number of benzene rings is 3. The van der Waals surface area contributed by atoms with Crippen LogP contribution in [0.2, 0.25) is 0 Å². The summed E-state index contributed by atoms with van der Waals surface area (Å²) in [5.74, 6) is -0.875. The number of nitrogens with zero attached hydrogens (tertiary/aromatic N) is 1. The number of rotatable bonds is 6. The SMILES string of the molecule is COC(=O)C1(C#N)/C(=C/c2ccccc2)c2ccccc2C1CC(=O)c1ccc(OC)cc1. The highest BCUT2D eigenvalue weighted by Gasteiger charge is 2.57. The monoisotopic (exact) mass is 437 g/mol. The molecule has 0 N–H and O–H groups in total. The number of carbonyl (C=O) groups is 2. The molecule has 2 unspecified atom stereocenters. The van der Waals surface area contributed by atoms with Crippen molar-refractivity contribution >= 4 is 23.4 Å². The van der Waals surface area contributed by atoms with Crippen molar-refractivity contribution in [1.29, 1.82) is 5.26 Å². The van der Waals surface area contributed by atoms with Crippen LogP contribution < -0.4 is 4.74 Å². The molecule has 1 aliphatic carbocycles. The van der Waals surface area contributed by atoms with Gasteiger partial charge >= 0.3 is 5.97 Å². The maximum Gasteiger partial charge on any atom is 0.331 e. The molecule has 33 heavy (non-hydrogen) atoms. The van der Waals surface area contributed by atoms with Gasteiger partial charge in [0.05, 0.1) is 20.3 Å². The van der Waals surface area contributed by atoms with Gasteiger partial charge in [-0.1, -0.05) is 54.6 Å². The summed E-state index contributed by atoms with van der Waals surface area (Å²) in [6, 6.07) is 26.1. The highest BCUT2D eigenvalue weighted by Crippen LogP contribution is 2.57. The third-order valence-corrected chi connectivity index (χ3v) is 6.17. The molecule has 0 fully saturated rings. The zero-order valence-corrected chi connectivity index (χ0v) is 18.4. The lowest BCUT2D eigenvalue weighted by Gasteiger charge is -2.27. The molecular weight excluding hydrogens is 414 g/mol. The third-order valence-electron chi connectivity index (χ3n) is 6.17. The van der Waals surface area contributed by atoms with E-state index in [2.05, 4.69) is 6.07 Å². The lowest BCUT2D eigenvalue weighted by Crippen LogP contribution is -2.35. The number of nitriles is 1. The Labute approximate surface area is 192 Å². The fourth-order valence-corrected chi connectivity index (χ4v) is 4.53. The molecule has 0 radical (unpaired) electrons. The van der Waals surface area contributed by atoms with Gasteiger partial charge in [0.15, 0.2) is 11.2 Å². The molecule has 1 aliphatic rings. The number of fused-ring (bicyclic) bond motifs is 1. The van der Waals surface area contributed by atoms with Crippen LogP contribution in [0, 0.1) is 16.7 Å². The van der Waals surface area contributed by atoms with Crippen molar-refractivity contribution in [3.8, 4) is 11.8 Å². The van der Waals surface area contributed by atoms with E-state index in [0.717, 1.165) is 16.7 Å². The molecule has 0 spiro atoms. The average molecular weight is 437 g/mol. The minimum absolute atomic E-state index is 0.0157. The van der Waals surface area contributed by atoms with Crippen LogP contribution in [0.4, 0.5) is 0 Å². The molecule has 0 amide bonds. The number of methoxy groups -OCH3 is 2. The summed E-state index contributed by atoms with van der Waals surface area (Å²) >= 11 is 0. The molecule has 0 heterocycles. The topological polar surface area (TPSA) is 76.4 Å². The van der Waals surface area contributed by atoms with Crippen molar-refractivity contribution in [2.24, 2.45) is 5.41 Å². The van der Waals surface area contributed by atoms with Crippen LogP contribution in [0.15, 0.2) is 78.9 Å². The van der Waals surface area contributed by atoms with Gasteiger partial charge in [0.2, 0.25) is 0 Å². The molecule has 0 bridgehead atoms. The first kappa shape index (κ1) is 22.0. The van der Waals surface area contributed by atoms with Crippen LogP contribution in [0.1, 0.15) is 39.4 Å². The lowest BCUT2D eigenvalue weighted by molar-refractivity contribution is -0.147. The normalized spacial score (nSPS) is 20.0. The van der Waals surface area contributed by atoms with E-state index in [4.69, 9.17) is 9.47 Å². The quantitative estimate of drug-likeness (QED) is 0.387. The Morgan fingerprint density at radius 3 is 2.27 bits per heavy atom. The van der Waals surface area contributed by atoms with E-state index in [9.17, 15) is 14.9 Å². The molecule has 5 nitrogen and oxygen atoms in total. The maximum atomic E-state index is 13.3. The largest absolute Gasteiger partial charge is 0.497 e. The average Bonchev–Trinajstić information content (AvgIpc) is 3.13. The van der Waals surface area contributed by atoms with Crippen LogP contribution in [0.3, 0.4) is 0 Å². The van der Waals surface area contributed by atoms with Crippen molar-refractivity contribution in [2.75, 3.05) is 14.2 Å². The van der Waals surface area contributed by atoms with Gasteiger partial charge in [-0.15, -0.1) is 0 Å².